The number of benzene rings is 2. The molecule has 0 atom stereocenters. The smallest absolute Gasteiger partial charge is 0.310 e. The highest BCUT2D eigenvalue weighted by Gasteiger charge is 2.11. The molecule has 5 nitrogen and oxygen atoms in total. The topological polar surface area (TPSA) is 74.5 Å². The zero-order valence-corrected chi connectivity index (χ0v) is 13.7. The van der Waals surface area contributed by atoms with Crippen LogP contribution in [-0.4, -0.2) is 17.7 Å². The summed E-state index contributed by atoms with van der Waals surface area (Å²) in [5.41, 5.74) is 4.90. The molecule has 0 radical (unpaired) electrons. The fraction of sp³-hybridized carbons (Fsp3) is 0.150. The molecule has 3 N–H and O–H groups in total. The van der Waals surface area contributed by atoms with E-state index < -0.39 is 5.91 Å². The molecule has 1 aromatic heterocycles. The summed E-state index contributed by atoms with van der Waals surface area (Å²) < 4.78 is 5.47. The van der Waals surface area contributed by atoms with Crippen LogP contribution >= 0.6 is 0 Å². The summed E-state index contributed by atoms with van der Waals surface area (Å²) in [6.45, 7) is 1.65. The second-order valence-corrected chi connectivity index (χ2v) is 5.72. The van der Waals surface area contributed by atoms with Crippen LogP contribution in [0.15, 0.2) is 71.1 Å². The maximum absolute atomic E-state index is 11.4. The van der Waals surface area contributed by atoms with Crippen molar-refractivity contribution in [1.82, 2.24) is 10.8 Å². The highest BCUT2D eigenvalue weighted by atomic mass is 16.5. The lowest BCUT2D eigenvalue weighted by Gasteiger charge is -2.06. The number of hydrogen-bond acceptors (Lipinski definition) is 4. The van der Waals surface area contributed by atoms with Crippen LogP contribution in [0.5, 0.6) is 0 Å². The van der Waals surface area contributed by atoms with Gasteiger partial charge < -0.3 is 9.73 Å². The third-order valence-electron chi connectivity index (χ3n) is 3.91. The van der Waals surface area contributed by atoms with E-state index in [1.54, 1.807) is 11.5 Å². The molecule has 5 heteroatoms. The largest absolute Gasteiger partial charge is 0.451 e. The second kappa shape index (κ2) is 8.28. The van der Waals surface area contributed by atoms with Gasteiger partial charge in [0, 0.05) is 12.1 Å². The SMILES string of the molecule is O=C(NO)c1ccc(-c2cccc(CNCCc3ccccc3)c2)o1. The Morgan fingerprint density at radius 2 is 1.76 bits per heavy atom. The van der Waals surface area contributed by atoms with Gasteiger partial charge in [-0.05, 0) is 42.3 Å². The quantitative estimate of drug-likeness (QED) is 0.351. The van der Waals surface area contributed by atoms with Crippen molar-refractivity contribution < 1.29 is 14.4 Å². The minimum absolute atomic E-state index is 0.0730. The molecular formula is C20H20N2O3. The maximum atomic E-state index is 11.4. The number of hydrogen-bond donors (Lipinski definition) is 3. The van der Waals surface area contributed by atoms with Crippen molar-refractivity contribution in [3.63, 3.8) is 0 Å². The first-order chi connectivity index (χ1) is 12.3. The lowest BCUT2D eigenvalue weighted by Crippen LogP contribution is -2.17. The van der Waals surface area contributed by atoms with Crippen molar-refractivity contribution in [1.29, 1.82) is 0 Å². The van der Waals surface area contributed by atoms with Crippen LogP contribution in [0, 0.1) is 0 Å². The first kappa shape index (κ1) is 17.0. The van der Waals surface area contributed by atoms with Gasteiger partial charge in [-0.1, -0.05) is 48.5 Å². The van der Waals surface area contributed by atoms with E-state index >= 15 is 0 Å². The Morgan fingerprint density at radius 3 is 2.56 bits per heavy atom. The molecule has 3 aromatic rings. The number of amides is 1. The number of furan rings is 1. The van der Waals surface area contributed by atoms with Gasteiger partial charge in [0.1, 0.15) is 5.76 Å². The van der Waals surface area contributed by atoms with E-state index in [1.165, 1.54) is 11.6 Å². The van der Waals surface area contributed by atoms with Crippen LogP contribution in [0.3, 0.4) is 0 Å². The minimum atomic E-state index is -0.662. The number of hydroxylamine groups is 1. The monoisotopic (exact) mass is 336 g/mol. The summed E-state index contributed by atoms with van der Waals surface area (Å²) in [5.74, 6) is -0.00129. The fourth-order valence-electron chi connectivity index (χ4n) is 2.61. The molecule has 0 unspecified atom stereocenters. The van der Waals surface area contributed by atoms with E-state index in [0.29, 0.717) is 5.76 Å². The third kappa shape index (κ3) is 4.56. The van der Waals surface area contributed by atoms with Gasteiger partial charge in [0.25, 0.3) is 0 Å². The fourth-order valence-corrected chi connectivity index (χ4v) is 2.61. The van der Waals surface area contributed by atoms with E-state index in [9.17, 15) is 4.79 Å². The number of nitrogens with one attached hydrogen (secondary N) is 2. The number of rotatable bonds is 7. The predicted octanol–water partition coefficient (Wildman–Crippen LogP) is 3.40. The molecular weight excluding hydrogens is 316 g/mol. The van der Waals surface area contributed by atoms with Gasteiger partial charge in [0.2, 0.25) is 0 Å². The average molecular weight is 336 g/mol. The van der Waals surface area contributed by atoms with Crippen LogP contribution in [0.4, 0.5) is 0 Å². The Labute approximate surface area is 146 Å². The summed E-state index contributed by atoms with van der Waals surface area (Å²) in [6, 6.07) is 21.6. The first-order valence-corrected chi connectivity index (χ1v) is 8.14. The molecule has 1 amide bonds. The molecule has 2 aromatic carbocycles. The zero-order chi connectivity index (χ0) is 17.5. The molecule has 0 aliphatic heterocycles. The van der Waals surface area contributed by atoms with Crippen molar-refractivity contribution in [2.45, 2.75) is 13.0 Å². The highest BCUT2D eigenvalue weighted by Crippen LogP contribution is 2.23. The second-order valence-electron chi connectivity index (χ2n) is 5.72. The number of carbonyl (C=O) groups is 1. The van der Waals surface area contributed by atoms with Gasteiger partial charge >= 0.3 is 5.91 Å². The Bertz CT molecular complexity index is 828. The van der Waals surface area contributed by atoms with Crippen LogP contribution in [-0.2, 0) is 13.0 Å². The van der Waals surface area contributed by atoms with Gasteiger partial charge in [-0.25, -0.2) is 5.48 Å². The molecule has 0 aliphatic carbocycles. The van der Waals surface area contributed by atoms with Crippen LogP contribution in [0.25, 0.3) is 11.3 Å². The zero-order valence-electron chi connectivity index (χ0n) is 13.7. The summed E-state index contributed by atoms with van der Waals surface area (Å²) in [4.78, 5) is 11.4. The molecule has 0 saturated heterocycles. The molecule has 128 valence electrons. The Hall–Kier alpha value is -2.89. The van der Waals surface area contributed by atoms with E-state index in [0.717, 1.165) is 30.6 Å². The Balaban J connectivity index is 1.58. The summed E-state index contributed by atoms with van der Waals surface area (Å²) in [5, 5.41) is 12.1. The van der Waals surface area contributed by atoms with Crippen LogP contribution < -0.4 is 10.8 Å². The van der Waals surface area contributed by atoms with Crippen molar-refractivity contribution in [2.24, 2.45) is 0 Å². The van der Waals surface area contributed by atoms with E-state index in [-0.39, 0.29) is 5.76 Å². The first-order valence-electron chi connectivity index (χ1n) is 8.14. The van der Waals surface area contributed by atoms with Gasteiger partial charge in [-0.2, -0.15) is 0 Å². The molecule has 0 spiro atoms. The highest BCUT2D eigenvalue weighted by molar-refractivity contribution is 5.91. The molecule has 0 fully saturated rings. The summed E-state index contributed by atoms with van der Waals surface area (Å²) in [7, 11) is 0. The number of carbonyl (C=O) groups excluding carboxylic acids is 1. The van der Waals surface area contributed by atoms with Crippen molar-refractivity contribution in [3.8, 4) is 11.3 Å². The molecule has 1 heterocycles. The van der Waals surface area contributed by atoms with Crippen LogP contribution in [0.1, 0.15) is 21.7 Å². The molecule has 0 aliphatic rings. The van der Waals surface area contributed by atoms with Gasteiger partial charge in [-0.3, -0.25) is 10.0 Å². The van der Waals surface area contributed by atoms with Gasteiger partial charge in [0.05, 0.1) is 0 Å². The van der Waals surface area contributed by atoms with E-state index in [2.05, 4.69) is 17.4 Å². The minimum Gasteiger partial charge on any atom is -0.451 e. The summed E-state index contributed by atoms with van der Waals surface area (Å²) >= 11 is 0. The van der Waals surface area contributed by atoms with E-state index in [4.69, 9.17) is 9.62 Å². The lowest BCUT2D eigenvalue weighted by atomic mass is 10.1. The molecule has 25 heavy (non-hydrogen) atoms. The Kier molecular flexibility index (Phi) is 5.61. The standard InChI is InChI=1S/C20H20N2O3/c23-20(22-24)19-10-9-18(25-19)17-8-4-7-16(13-17)14-21-12-11-15-5-2-1-3-6-15/h1-10,13,21,24H,11-12,14H2,(H,22,23). The maximum Gasteiger partial charge on any atom is 0.310 e. The lowest BCUT2D eigenvalue weighted by molar-refractivity contribution is 0.0677. The molecule has 0 saturated carbocycles. The summed E-state index contributed by atoms with van der Waals surface area (Å²) in [6.07, 6.45) is 0.984. The van der Waals surface area contributed by atoms with E-state index in [1.807, 2.05) is 42.5 Å². The van der Waals surface area contributed by atoms with Gasteiger partial charge in [-0.15, -0.1) is 0 Å². The predicted molar refractivity (Wildman–Crippen MR) is 95.2 cm³/mol. The normalized spacial score (nSPS) is 10.6. The average Bonchev–Trinajstić information content (AvgIpc) is 3.16. The molecule has 3 rings (SSSR count). The van der Waals surface area contributed by atoms with Crippen molar-refractivity contribution in [2.75, 3.05) is 6.54 Å². The molecule has 0 bridgehead atoms. The third-order valence-corrected chi connectivity index (χ3v) is 3.91. The van der Waals surface area contributed by atoms with Crippen molar-refractivity contribution >= 4 is 5.91 Å². The van der Waals surface area contributed by atoms with Gasteiger partial charge in [0.15, 0.2) is 5.76 Å². The van der Waals surface area contributed by atoms with Crippen LogP contribution in [0.2, 0.25) is 0 Å². The van der Waals surface area contributed by atoms with Crippen molar-refractivity contribution in [3.05, 3.63) is 83.6 Å². The Morgan fingerprint density at radius 1 is 0.960 bits per heavy atom.